The van der Waals surface area contributed by atoms with Crippen LogP contribution in [-0.4, -0.2) is 18.1 Å². The van der Waals surface area contributed by atoms with E-state index >= 15 is 0 Å². The third-order valence-corrected chi connectivity index (χ3v) is 4.66. The SMILES string of the molecule is CCNCCc1nc(-c2ccc(C(C)(C)C)cc2)c(C)s1. The molecule has 1 aromatic heterocycles. The second-order valence-electron chi connectivity index (χ2n) is 6.44. The monoisotopic (exact) mass is 302 g/mol. The molecule has 114 valence electrons. The molecule has 1 heterocycles. The predicted octanol–water partition coefficient (Wildman–Crippen LogP) is 4.57. The van der Waals surface area contributed by atoms with Gasteiger partial charge in [-0.25, -0.2) is 4.98 Å². The Morgan fingerprint density at radius 3 is 2.38 bits per heavy atom. The highest BCUT2D eigenvalue weighted by atomic mass is 32.1. The summed E-state index contributed by atoms with van der Waals surface area (Å²) in [6, 6.07) is 8.87. The maximum atomic E-state index is 4.82. The number of aryl methyl sites for hydroxylation is 1. The highest BCUT2D eigenvalue weighted by molar-refractivity contribution is 7.12. The quantitative estimate of drug-likeness (QED) is 0.819. The molecule has 0 aliphatic rings. The van der Waals surface area contributed by atoms with E-state index in [1.807, 2.05) is 11.3 Å². The Balaban J connectivity index is 2.18. The van der Waals surface area contributed by atoms with Crippen molar-refractivity contribution in [3.05, 3.63) is 39.7 Å². The topological polar surface area (TPSA) is 24.9 Å². The Kier molecular flexibility index (Phi) is 5.17. The normalized spacial score (nSPS) is 11.9. The lowest BCUT2D eigenvalue weighted by Gasteiger charge is -2.19. The number of likely N-dealkylation sites (N-methyl/N-ethyl adjacent to an activating group) is 1. The van der Waals surface area contributed by atoms with Crippen LogP contribution in [0.1, 0.15) is 43.1 Å². The number of rotatable bonds is 5. The molecule has 0 atom stereocenters. The van der Waals surface area contributed by atoms with Crippen LogP contribution in [0.15, 0.2) is 24.3 Å². The van der Waals surface area contributed by atoms with E-state index in [0.717, 1.165) is 25.2 Å². The molecule has 21 heavy (non-hydrogen) atoms. The Morgan fingerprint density at radius 1 is 1.14 bits per heavy atom. The van der Waals surface area contributed by atoms with Gasteiger partial charge in [-0.2, -0.15) is 0 Å². The fraction of sp³-hybridized carbons (Fsp3) is 0.500. The lowest BCUT2D eigenvalue weighted by atomic mass is 9.86. The van der Waals surface area contributed by atoms with E-state index in [1.165, 1.54) is 21.0 Å². The zero-order chi connectivity index (χ0) is 15.5. The smallest absolute Gasteiger partial charge is 0.0948 e. The third kappa shape index (κ3) is 4.14. The molecule has 3 heteroatoms. The number of nitrogens with one attached hydrogen (secondary N) is 1. The van der Waals surface area contributed by atoms with Crippen molar-refractivity contribution in [2.45, 2.75) is 46.5 Å². The highest BCUT2D eigenvalue weighted by Crippen LogP contribution is 2.30. The molecule has 0 spiro atoms. The molecule has 0 radical (unpaired) electrons. The average Bonchev–Trinajstić information content (AvgIpc) is 2.79. The van der Waals surface area contributed by atoms with E-state index in [4.69, 9.17) is 4.98 Å². The van der Waals surface area contributed by atoms with Crippen LogP contribution in [0.25, 0.3) is 11.3 Å². The van der Waals surface area contributed by atoms with Gasteiger partial charge in [0.2, 0.25) is 0 Å². The molecule has 0 saturated heterocycles. The third-order valence-electron chi connectivity index (χ3n) is 3.63. The van der Waals surface area contributed by atoms with Crippen molar-refractivity contribution in [1.29, 1.82) is 0 Å². The van der Waals surface area contributed by atoms with E-state index in [2.05, 4.69) is 64.2 Å². The summed E-state index contributed by atoms with van der Waals surface area (Å²) in [5.74, 6) is 0. The first-order chi connectivity index (χ1) is 9.91. The molecule has 1 N–H and O–H groups in total. The predicted molar refractivity (Wildman–Crippen MR) is 93.2 cm³/mol. The molecule has 0 amide bonds. The lowest BCUT2D eigenvalue weighted by molar-refractivity contribution is 0.590. The minimum atomic E-state index is 0.201. The van der Waals surface area contributed by atoms with E-state index < -0.39 is 0 Å². The van der Waals surface area contributed by atoms with Crippen molar-refractivity contribution < 1.29 is 0 Å². The van der Waals surface area contributed by atoms with Gasteiger partial charge < -0.3 is 5.32 Å². The van der Waals surface area contributed by atoms with Crippen molar-refractivity contribution >= 4 is 11.3 Å². The molecule has 0 fully saturated rings. The van der Waals surface area contributed by atoms with Gasteiger partial charge in [-0.05, 0) is 24.4 Å². The molecule has 2 aromatic rings. The van der Waals surface area contributed by atoms with Gasteiger partial charge in [0, 0.05) is 23.4 Å². The maximum Gasteiger partial charge on any atom is 0.0948 e. The Morgan fingerprint density at radius 2 is 1.81 bits per heavy atom. The molecule has 1 aromatic carbocycles. The minimum absolute atomic E-state index is 0.201. The van der Waals surface area contributed by atoms with Gasteiger partial charge in [0.05, 0.1) is 10.7 Å². The maximum absolute atomic E-state index is 4.82. The highest BCUT2D eigenvalue weighted by Gasteiger charge is 2.14. The number of hydrogen-bond donors (Lipinski definition) is 1. The fourth-order valence-corrected chi connectivity index (χ4v) is 3.28. The molecule has 0 saturated carbocycles. The summed E-state index contributed by atoms with van der Waals surface area (Å²) in [6.45, 7) is 13.1. The van der Waals surface area contributed by atoms with E-state index in [-0.39, 0.29) is 5.41 Å². The number of hydrogen-bond acceptors (Lipinski definition) is 3. The van der Waals surface area contributed by atoms with E-state index in [0.29, 0.717) is 0 Å². The van der Waals surface area contributed by atoms with Gasteiger partial charge in [0.15, 0.2) is 0 Å². The van der Waals surface area contributed by atoms with Crippen LogP contribution in [0, 0.1) is 6.92 Å². The summed E-state index contributed by atoms with van der Waals surface area (Å²) < 4.78 is 0. The molecule has 0 aliphatic heterocycles. The Hall–Kier alpha value is -1.19. The van der Waals surface area contributed by atoms with Crippen molar-refractivity contribution in [3.8, 4) is 11.3 Å². The zero-order valence-corrected chi connectivity index (χ0v) is 14.6. The first-order valence-electron chi connectivity index (χ1n) is 7.69. The van der Waals surface area contributed by atoms with Gasteiger partial charge in [0.25, 0.3) is 0 Å². The van der Waals surface area contributed by atoms with Crippen LogP contribution in [-0.2, 0) is 11.8 Å². The van der Waals surface area contributed by atoms with Gasteiger partial charge in [0.1, 0.15) is 0 Å². The summed E-state index contributed by atoms with van der Waals surface area (Å²) in [5.41, 5.74) is 3.94. The number of aromatic nitrogens is 1. The summed E-state index contributed by atoms with van der Waals surface area (Å²) in [6.07, 6.45) is 1.01. The standard InChI is InChI=1S/C18H26N2S/c1-6-19-12-11-16-20-17(13(2)21-16)14-7-9-15(10-8-14)18(3,4)5/h7-10,19H,6,11-12H2,1-5H3. The van der Waals surface area contributed by atoms with Crippen molar-refractivity contribution in [2.75, 3.05) is 13.1 Å². The molecule has 0 aliphatic carbocycles. The van der Waals surface area contributed by atoms with Crippen LogP contribution < -0.4 is 5.32 Å². The first kappa shape index (κ1) is 16.2. The summed E-state index contributed by atoms with van der Waals surface area (Å²) in [5, 5.41) is 4.58. The number of thiazole rings is 1. The molecule has 2 nitrogen and oxygen atoms in total. The summed E-state index contributed by atoms with van der Waals surface area (Å²) in [7, 11) is 0. The molecular weight excluding hydrogens is 276 g/mol. The van der Waals surface area contributed by atoms with Gasteiger partial charge in [-0.1, -0.05) is 52.0 Å². The van der Waals surface area contributed by atoms with Crippen LogP contribution in [0.3, 0.4) is 0 Å². The Bertz CT molecular complexity index is 576. The molecule has 2 rings (SSSR count). The number of benzene rings is 1. The van der Waals surface area contributed by atoms with Gasteiger partial charge in [-0.3, -0.25) is 0 Å². The minimum Gasteiger partial charge on any atom is -0.317 e. The average molecular weight is 302 g/mol. The first-order valence-corrected chi connectivity index (χ1v) is 8.51. The van der Waals surface area contributed by atoms with E-state index in [1.54, 1.807) is 0 Å². The second-order valence-corrected chi connectivity index (χ2v) is 7.73. The largest absolute Gasteiger partial charge is 0.317 e. The zero-order valence-electron chi connectivity index (χ0n) is 13.8. The lowest BCUT2D eigenvalue weighted by Crippen LogP contribution is -2.15. The fourth-order valence-electron chi connectivity index (χ4n) is 2.33. The molecule has 0 bridgehead atoms. The van der Waals surface area contributed by atoms with E-state index in [9.17, 15) is 0 Å². The van der Waals surface area contributed by atoms with Crippen LogP contribution in [0.2, 0.25) is 0 Å². The van der Waals surface area contributed by atoms with Gasteiger partial charge in [-0.15, -0.1) is 11.3 Å². The van der Waals surface area contributed by atoms with Crippen molar-refractivity contribution in [2.24, 2.45) is 0 Å². The Labute approximate surface area is 132 Å². The number of nitrogens with zero attached hydrogens (tertiary/aromatic N) is 1. The van der Waals surface area contributed by atoms with Crippen molar-refractivity contribution in [3.63, 3.8) is 0 Å². The second kappa shape index (κ2) is 6.71. The molecular formula is C18H26N2S. The van der Waals surface area contributed by atoms with Crippen LogP contribution in [0.5, 0.6) is 0 Å². The summed E-state index contributed by atoms with van der Waals surface area (Å²) >= 11 is 1.82. The van der Waals surface area contributed by atoms with Crippen molar-refractivity contribution in [1.82, 2.24) is 10.3 Å². The van der Waals surface area contributed by atoms with Crippen LogP contribution >= 0.6 is 11.3 Å². The molecule has 0 unspecified atom stereocenters. The summed E-state index contributed by atoms with van der Waals surface area (Å²) in [4.78, 5) is 6.13. The van der Waals surface area contributed by atoms with Gasteiger partial charge >= 0.3 is 0 Å². The van der Waals surface area contributed by atoms with Crippen LogP contribution in [0.4, 0.5) is 0 Å².